The molecule has 204 valence electrons. The topological polar surface area (TPSA) is 108 Å². The van der Waals surface area contributed by atoms with Crippen LogP contribution in [0.15, 0.2) is 30.3 Å². The molecule has 1 aromatic rings. The van der Waals surface area contributed by atoms with Crippen molar-refractivity contribution >= 4 is 33.7 Å². The summed E-state index contributed by atoms with van der Waals surface area (Å²) in [4.78, 5) is 43.0. The molecule has 4 rings (SSSR count). The molecule has 3 aliphatic rings. The van der Waals surface area contributed by atoms with Crippen molar-refractivity contribution < 1.29 is 24.2 Å². The number of carbonyl (C=O) groups excluding carboxylic acids is 3. The number of rotatable bonds is 11. The SMILES string of the molecule is CCCC(C)NC(=O)C1N([C@@H](CO)[C@@H](C)CC)C(=O)[C@@H]2[C@@H](C(=O)NCc3ccccc3)[C@@H]3OC12CC3Br. The lowest BCUT2D eigenvalue weighted by molar-refractivity contribution is -0.147. The zero-order valence-corrected chi connectivity index (χ0v) is 23.7. The Kier molecular flexibility index (Phi) is 8.65. The molecule has 2 bridgehead atoms. The van der Waals surface area contributed by atoms with E-state index < -0.39 is 35.6 Å². The Balaban J connectivity index is 1.69. The Bertz CT molecular complexity index is 993. The number of benzene rings is 1. The van der Waals surface area contributed by atoms with E-state index >= 15 is 0 Å². The molecule has 3 heterocycles. The van der Waals surface area contributed by atoms with E-state index in [-0.39, 0.29) is 41.1 Å². The average molecular weight is 579 g/mol. The summed E-state index contributed by atoms with van der Waals surface area (Å²) in [6, 6.07) is 8.10. The maximum Gasteiger partial charge on any atom is 0.246 e. The molecule has 1 spiro atoms. The second-order valence-corrected chi connectivity index (χ2v) is 12.1. The lowest BCUT2D eigenvalue weighted by Crippen LogP contribution is -2.60. The molecule has 4 unspecified atom stereocenters. The Morgan fingerprint density at radius 1 is 1.22 bits per heavy atom. The van der Waals surface area contributed by atoms with Gasteiger partial charge in [-0.3, -0.25) is 14.4 Å². The van der Waals surface area contributed by atoms with Crippen molar-refractivity contribution in [3.8, 4) is 0 Å². The fraction of sp³-hybridized carbons (Fsp3) is 0.679. The number of likely N-dealkylation sites (tertiary alicyclic amines) is 1. The maximum atomic E-state index is 14.2. The smallest absolute Gasteiger partial charge is 0.246 e. The van der Waals surface area contributed by atoms with E-state index in [1.165, 1.54) is 0 Å². The minimum atomic E-state index is -1.12. The second kappa shape index (κ2) is 11.4. The van der Waals surface area contributed by atoms with E-state index in [0.717, 1.165) is 24.8 Å². The molecule has 0 saturated carbocycles. The number of hydrogen-bond donors (Lipinski definition) is 3. The van der Waals surface area contributed by atoms with Gasteiger partial charge in [0.15, 0.2) is 0 Å². The quantitative estimate of drug-likeness (QED) is 0.350. The minimum absolute atomic E-state index is 0.0325. The summed E-state index contributed by atoms with van der Waals surface area (Å²) in [6.45, 7) is 8.08. The number of nitrogens with one attached hydrogen (secondary N) is 2. The fourth-order valence-electron chi connectivity index (χ4n) is 6.57. The number of fused-ring (bicyclic) bond motifs is 1. The first kappa shape index (κ1) is 28.0. The van der Waals surface area contributed by atoms with Crippen LogP contribution in [0.25, 0.3) is 0 Å². The Labute approximate surface area is 228 Å². The Hall–Kier alpha value is -1.97. The van der Waals surface area contributed by atoms with Gasteiger partial charge in [0.1, 0.15) is 11.6 Å². The normalized spacial score (nSPS) is 32.6. The number of aliphatic hydroxyl groups excluding tert-OH is 1. The second-order valence-electron chi connectivity index (χ2n) is 10.9. The highest BCUT2D eigenvalue weighted by molar-refractivity contribution is 9.09. The molecular weight excluding hydrogens is 538 g/mol. The van der Waals surface area contributed by atoms with Gasteiger partial charge < -0.3 is 25.4 Å². The van der Waals surface area contributed by atoms with Crippen LogP contribution in [0.5, 0.6) is 0 Å². The predicted octanol–water partition coefficient (Wildman–Crippen LogP) is 2.76. The van der Waals surface area contributed by atoms with Crippen LogP contribution < -0.4 is 10.6 Å². The maximum absolute atomic E-state index is 14.2. The largest absolute Gasteiger partial charge is 0.394 e. The van der Waals surface area contributed by atoms with Gasteiger partial charge in [-0.15, -0.1) is 0 Å². The van der Waals surface area contributed by atoms with Crippen molar-refractivity contribution in [2.45, 2.75) is 94.6 Å². The molecule has 3 saturated heterocycles. The first-order valence-corrected chi connectivity index (χ1v) is 14.5. The molecule has 0 aromatic heterocycles. The first-order chi connectivity index (χ1) is 17.7. The molecule has 0 aliphatic carbocycles. The standard InChI is InChI=1S/C28H40BrN3O5/c1-5-10-17(4)31-26(35)24-28-13-19(29)23(37-28)21(25(34)30-14-18-11-8-7-9-12-18)22(28)27(36)32(24)20(15-33)16(3)6-2/h7-9,11-12,16-17,19-24,33H,5-6,10,13-15H2,1-4H3,(H,30,34)(H,31,35)/t16-,17?,19?,20-,21+,22-,23+,24?,28?/m0/s1. The summed E-state index contributed by atoms with van der Waals surface area (Å²) < 4.78 is 6.55. The zero-order chi connectivity index (χ0) is 26.9. The van der Waals surface area contributed by atoms with E-state index in [1.54, 1.807) is 4.90 Å². The summed E-state index contributed by atoms with van der Waals surface area (Å²) in [7, 11) is 0. The third kappa shape index (κ3) is 4.94. The minimum Gasteiger partial charge on any atom is -0.394 e. The average Bonchev–Trinajstić information content (AvgIpc) is 3.47. The van der Waals surface area contributed by atoms with Gasteiger partial charge in [0.25, 0.3) is 0 Å². The van der Waals surface area contributed by atoms with Gasteiger partial charge in [-0.2, -0.15) is 0 Å². The van der Waals surface area contributed by atoms with Gasteiger partial charge >= 0.3 is 0 Å². The predicted molar refractivity (Wildman–Crippen MR) is 144 cm³/mol. The summed E-state index contributed by atoms with van der Waals surface area (Å²) in [5.41, 5.74) is -0.162. The molecule has 0 radical (unpaired) electrons. The van der Waals surface area contributed by atoms with Crippen LogP contribution in [-0.4, -0.2) is 69.0 Å². The molecular formula is C28H40BrN3O5. The van der Waals surface area contributed by atoms with Crippen molar-refractivity contribution in [3.05, 3.63) is 35.9 Å². The number of carbonyl (C=O) groups is 3. The van der Waals surface area contributed by atoms with Crippen molar-refractivity contribution in [3.63, 3.8) is 0 Å². The Morgan fingerprint density at radius 2 is 1.92 bits per heavy atom. The highest BCUT2D eigenvalue weighted by Crippen LogP contribution is 2.60. The lowest BCUT2D eigenvalue weighted by Gasteiger charge is -2.39. The molecule has 37 heavy (non-hydrogen) atoms. The lowest BCUT2D eigenvalue weighted by atomic mass is 9.70. The van der Waals surface area contributed by atoms with E-state index in [0.29, 0.717) is 13.0 Å². The van der Waals surface area contributed by atoms with Crippen molar-refractivity contribution in [1.82, 2.24) is 15.5 Å². The van der Waals surface area contributed by atoms with E-state index in [2.05, 4.69) is 33.5 Å². The molecule has 3 N–H and O–H groups in total. The van der Waals surface area contributed by atoms with Crippen LogP contribution >= 0.6 is 15.9 Å². The Morgan fingerprint density at radius 3 is 2.54 bits per heavy atom. The van der Waals surface area contributed by atoms with Gasteiger partial charge in [-0.1, -0.05) is 79.9 Å². The van der Waals surface area contributed by atoms with Crippen LogP contribution in [0.2, 0.25) is 0 Å². The van der Waals surface area contributed by atoms with Crippen LogP contribution in [0.3, 0.4) is 0 Å². The number of amides is 3. The highest BCUT2D eigenvalue weighted by Gasteiger charge is 2.77. The van der Waals surface area contributed by atoms with Crippen molar-refractivity contribution in [2.24, 2.45) is 17.8 Å². The van der Waals surface area contributed by atoms with Gasteiger partial charge in [0.05, 0.1) is 30.6 Å². The van der Waals surface area contributed by atoms with Gasteiger partial charge in [0, 0.05) is 17.4 Å². The molecule has 3 amide bonds. The number of nitrogens with zero attached hydrogens (tertiary/aromatic N) is 1. The van der Waals surface area contributed by atoms with Crippen LogP contribution in [0.1, 0.15) is 58.9 Å². The third-order valence-corrected chi connectivity index (χ3v) is 9.39. The summed E-state index contributed by atoms with van der Waals surface area (Å²) in [5, 5.41) is 16.5. The van der Waals surface area contributed by atoms with E-state index in [9.17, 15) is 19.5 Å². The monoisotopic (exact) mass is 577 g/mol. The molecule has 8 nitrogen and oxygen atoms in total. The number of hydrogen-bond acceptors (Lipinski definition) is 5. The summed E-state index contributed by atoms with van der Waals surface area (Å²) in [6.07, 6.45) is 2.41. The number of aliphatic hydroxyl groups is 1. The molecule has 3 fully saturated rings. The third-order valence-electron chi connectivity index (χ3n) is 8.54. The summed E-state index contributed by atoms with van der Waals surface area (Å²) in [5.74, 6) is -2.33. The van der Waals surface area contributed by atoms with Crippen LogP contribution in [-0.2, 0) is 25.7 Å². The fourth-order valence-corrected chi connectivity index (χ4v) is 7.51. The van der Waals surface area contributed by atoms with E-state index in [4.69, 9.17) is 4.74 Å². The zero-order valence-electron chi connectivity index (χ0n) is 22.2. The van der Waals surface area contributed by atoms with Crippen LogP contribution in [0, 0.1) is 17.8 Å². The summed E-state index contributed by atoms with van der Waals surface area (Å²) >= 11 is 3.70. The number of halogens is 1. The molecule has 1 aromatic carbocycles. The molecule has 9 heteroatoms. The van der Waals surface area contributed by atoms with Crippen LogP contribution in [0.4, 0.5) is 0 Å². The first-order valence-electron chi connectivity index (χ1n) is 13.6. The van der Waals surface area contributed by atoms with Gasteiger partial charge in [-0.05, 0) is 31.2 Å². The van der Waals surface area contributed by atoms with Crippen molar-refractivity contribution in [2.75, 3.05) is 6.61 Å². The number of alkyl halides is 1. The number of ether oxygens (including phenoxy) is 1. The molecule has 3 aliphatic heterocycles. The van der Waals surface area contributed by atoms with Gasteiger partial charge in [-0.25, -0.2) is 0 Å². The van der Waals surface area contributed by atoms with E-state index in [1.807, 2.05) is 51.1 Å². The molecule has 9 atom stereocenters. The van der Waals surface area contributed by atoms with Gasteiger partial charge in [0.2, 0.25) is 17.7 Å². The highest BCUT2D eigenvalue weighted by atomic mass is 79.9. The van der Waals surface area contributed by atoms with Crippen molar-refractivity contribution in [1.29, 1.82) is 0 Å².